The number of aromatic hydroxyl groups is 2. The molecule has 0 aliphatic heterocycles. The van der Waals surface area contributed by atoms with Crippen molar-refractivity contribution in [1.82, 2.24) is 10.2 Å². The van der Waals surface area contributed by atoms with Gasteiger partial charge in [-0.2, -0.15) is 5.10 Å². The highest BCUT2D eigenvalue weighted by atomic mass is 16.3. The Kier molecular flexibility index (Phi) is 4.85. The van der Waals surface area contributed by atoms with Crippen molar-refractivity contribution in [3.05, 3.63) is 65.4 Å². The zero-order valence-electron chi connectivity index (χ0n) is 13.8. The quantitative estimate of drug-likeness (QED) is 0.636. The second-order valence-electron chi connectivity index (χ2n) is 5.95. The topological polar surface area (TPSA) is 69.1 Å². The number of hydrogen-bond donors (Lipinski definition) is 3. The highest BCUT2D eigenvalue weighted by Gasteiger charge is 2.13. The van der Waals surface area contributed by atoms with Gasteiger partial charge >= 0.3 is 0 Å². The molecular formula is C20H22N2O2. The molecule has 124 valence electrons. The minimum absolute atomic E-state index is 0.265. The van der Waals surface area contributed by atoms with Gasteiger partial charge < -0.3 is 10.2 Å². The predicted molar refractivity (Wildman–Crippen MR) is 95.2 cm³/mol. The van der Waals surface area contributed by atoms with Gasteiger partial charge in [0.05, 0.1) is 5.69 Å². The summed E-state index contributed by atoms with van der Waals surface area (Å²) in [6, 6.07) is 14.5. The van der Waals surface area contributed by atoms with E-state index in [0.29, 0.717) is 5.75 Å². The molecule has 0 unspecified atom stereocenters. The third kappa shape index (κ3) is 3.59. The molecule has 1 heterocycles. The summed E-state index contributed by atoms with van der Waals surface area (Å²) in [6.45, 7) is 2.14. The molecule has 0 saturated carbocycles. The molecule has 3 aromatic rings. The molecule has 0 aliphatic carbocycles. The summed E-state index contributed by atoms with van der Waals surface area (Å²) in [7, 11) is 0. The van der Waals surface area contributed by atoms with Crippen LogP contribution < -0.4 is 0 Å². The van der Waals surface area contributed by atoms with Crippen molar-refractivity contribution in [3.63, 3.8) is 0 Å². The summed E-state index contributed by atoms with van der Waals surface area (Å²) in [5.41, 5.74) is 5.64. The lowest BCUT2D eigenvalue weighted by Gasteiger charge is -2.05. The lowest BCUT2D eigenvalue weighted by Crippen LogP contribution is -1.94. The Morgan fingerprint density at radius 3 is 2.12 bits per heavy atom. The number of nitrogens with one attached hydrogen (secondary N) is 1. The highest BCUT2D eigenvalue weighted by molar-refractivity contribution is 5.64. The first-order valence-corrected chi connectivity index (χ1v) is 8.30. The third-order valence-electron chi connectivity index (χ3n) is 4.28. The first-order valence-electron chi connectivity index (χ1n) is 8.30. The van der Waals surface area contributed by atoms with Crippen LogP contribution in [0.15, 0.2) is 48.5 Å². The fraction of sp³-hybridized carbons (Fsp3) is 0.250. The molecule has 0 atom stereocenters. The number of phenolic OH excluding ortho intramolecular Hbond substituents is 2. The van der Waals surface area contributed by atoms with Crippen molar-refractivity contribution in [1.29, 1.82) is 0 Å². The Bertz CT molecular complexity index is 790. The lowest BCUT2D eigenvalue weighted by atomic mass is 10.00. The monoisotopic (exact) mass is 322 g/mol. The number of hydrogen-bond acceptors (Lipinski definition) is 3. The number of nitrogens with zero attached hydrogens (tertiary/aromatic N) is 1. The number of rotatable bonds is 6. The van der Waals surface area contributed by atoms with Gasteiger partial charge in [-0.05, 0) is 67.6 Å². The van der Waals surface area contributed by atoms with E-state index in [1.807, 2.05) is 24.3 Å². The zero-order chi connectivity index (χ0) is 16.9. The smallest absolute Gasteiger partial charge is 0.115 e. The Balaban J connectivity index is 1.70. The number of aromatic nitrogens is 2. The van der Waals surface area contributed by atoms with E-state index < -0.39 is 0 Å². The van der Waals surface area contributed by atoms with Gasteiger partial charge in [-0.25, -0.2) is 0 Å². The first-order chi connectivity index (χ1) is 11.7. The van der Waals surface area contributed by atoms with Crippen LogP contribution in [0.25, 0.3) is 11.3 Å². The van der Waals surface area contributed by atoms with Crippen LogP contribution >= 0.6 is 0 Å². The molecular weight excluding hydrogens is 300 g/mol. The fourth-order valence-corrected chi connectivity index (χ4v) is 2.98. The van der Waals surface area contributed by atoms with Crippen LogP contribution in [0.2, 0.25) is 0 Å². The van der Waals surface area contributed by atoms with E-state index in [2.05, 4.69) is 17.1 Å². The molecule has 0 bridgehead atoms. The van der Waals surface area contributed by atoms with Gasteiger partial charge in [-0.3, -0.25) is 5.10 Å². The number of benzene rings is 2. The minimum atomic E-state index is 0.265. The molecule has 3 rings (SSSR count). The fourth-order valence-electron chi connectivity index (χ4n) is 2.98. The largest absolute Gasteiger partial charge is 0.508 e. The molecule has 0 fully saturated rings. The van der Waals surface area contributed by atoms with Gasteiger partial charge in [-0.15, -0.1) is 0 Å². The van der Waals surface area contributed by atoms with Crippen LogP contribution in [-0.4, -0.2) is 20.4 Å². The zero-order valence-corrected chi connectivity index (χ0v) is 13.8. The Labute approximate surface area is 141 Å². The van der Waals surface area contributed by atoms with Gasteiger partial charge in [0, 0.05) is 16.8 Å². The number of aryl methyl sites for hydroxylation is 2. The molecule has 1 aromatic heterocycles. The second kappa shape index (κ2) is 7.21. The van der Waals surface area contributed by atoms with Crippen LogP contribution in [-0.2, 0) is 19.3 Å². The van der Waals surface area contributed by atoms with Gasteiger partial charge in [0.2, 0.25) is 0 Å². The van der Waals surface area contributed by atoms with E-state index in [0.717, 1.165) is 36.9 Å². The number of aromatic amines is 1. The van der Waals surface area contributed by atoms with Gasteiger partial charge in [0.15, 0.2) is 0 Å². The summed E-state index contributed by atoms with van der Waals surface area (Å²) < 4.78 is 0. The van der Waals surface area contributed by atoms with E-state index in [-0.39, 0.29) is 5.75 Å². The number of H-pyrrole nitrogens is 1. The van der Waals surface area contributed by atoms with Gasteiger partial charge in [0.1, 0.15) is 11.5 Å². The Morgan fingerprint density at radius 2 is 1.50 bits per heavy atom. The SMILES string of the molecule is CCc1c(-c2ccc(O)cc2)n[nH]c1CCCc1ccc(O)cc1. The summed E-state index contributed by atoms with van der Waals surface area (Å²) in [6.07, 6.45) is 3.85. The summed E-state index contributed by atoms with van der Waals surface area (Å²) in [5, 5.41) is 26.4. The maximum atomic E-state index is 9.43. The Morgan fingerprint density at radius 1 is 0.875 bits per heavy atom. The van der Waals surface area contributed by atoms with Crippen LogP contribution in [0.3, 0.4) is 0 Å². The average Bonchev–Trinajstić information content (AvgIpc) is 3.00. The van der Waals surface area contributed by atoms with E-state index >= 15 is 0 Å². The second-order valence-corrected chi connectivity index (χ2v) is 5.95. The summed E-state index contributed by atoms with van der Waals surface area (Å²) in [4.78, 5) is 0. The van der Waals surface area contributed by atoms with Crippen molar-refractivity contribution in [2.45, 2.75) is 32.6 Å². The minimum Gasteiger partial charge on any atom is -0.508 e. The third-order valence-corrected chi connectivity index (χ3v) is 4.28. The molecule has 2 aromatic carbocycles. The summed E-state index contributed by atoms with van der Waals surface area (Å²) in [5.74, 6) is 0.570. The molecule has 4 heteroatoms. The molecule has 4 nitrogen and oxygen atoms in total. The van der Waals surface area contributed by atoms with Crippen molar-refractivity contribution < 1.29 is 10.2 Å². The first kappa shape index (κ1) is 16.1. The van der Waals surface area contributed by atoms with Gasteiger partial charge in [0.25, 0.3) is 0 Å². The van der Waals surface area contributed by atoms with Crippen LogP contribution in [0.4, 0.5) is 0 Å². The molecule has 0 amide bonds. The molecule has 0 spiro atoms. The highest BCUT2D eigenvalue weighted by Crippen LogP contribution is 2.26. The van der Waals surface area contributed by atoms with Gasteiger partial charge in [-0.1, -0.05) is 19.1 Å². The molecule has 3 N–H and O–H groups in total. The molecule has 0 saturated heterocycles. The van der Waals surface area contributed by atoms with E-state index in [9.17, 15) is 10.2 Å². The van der Waals surface area contributed by atoms with E-state index in [4.69, 9.17) is 0 Å². The normalized spacial score (nSPS) is 10.9. The van der Waals surface area contributed by atoms with Crippen molar-refractivity contribution in [2.24, 2.45) is 0 Å². The summed E-state index contributed by atoms with van der Waals surface area (Å²) >= 11 is 0. The van der Waals surface area contributed by atoms with Crippen molar-refractivity contribution in [3.8, 4) is 22.8 Å². The average molecular weight is 322 g/mol. The van der Waals surface area contributed by atoms with Crippen LogP contribution in [0.5, 0.6) is 11.5 Å². The van der Waals surface area contributed by atoms with E-state index in [1.54, 1.807) is 24.3 Å². The Hall–Kier alpha value is -2.75. The maximum Gasteiger partial charge on any atom is 0.115 e. The van der Waals surface area contributed by atoms with E-state index in [1.165, 1.54) is 16.8 Å². The maximum absolute atomic E-state index is 9.43. The van der Waals surface area contributed by atoms with Crippen LogP contribution in [0.1, 0.15) is 30.2 Å². The molecule has 24 heavy (non-hydrogen) atoms. The number of phenols is 2. The molecule has 0 aliphatic rings. The predicted octanol–water partition coefficient (Wildman–Crippen LogP) is 4.23. The van der Waals surface area contributed by atoms with Crippen LogP contribution in [0, 0.1) is 0 Å². The van der Waals surface area contributed by atoms with Crippen molar-refractivity contribution in [2.75, 3.05) is 0 Å². The standard InChI is InChI=1S/C20H22N2O2/c1-2-18-19(5-3-4-14-6-10-16(23)11-7-14)21-22-20(18)15-8-12-17(24)13-9-15/h6-13,23-24H,2-5H2,1H3,(H,21,22). The van der Waals surface area contributed by atoms with Crippen molar-refractivity contribution >= 4 is 0 Å². The lowest BCUT2D eigenvalue weighted by molar-refractivity contribution is 0.474. The molecule has 0 radical (unpaired) electrons.